The van der Waals surface area contributed by atoms with E-state index >= 15 is 0 Å². The van der Waals surface area contributed by atoms with Gasteiger partial charge in [-0.05, 0) is 18.2 Å². The molecule has 1 N–H and O–H groups in total. The summed E-state index contributed by atoms with van der Waals surface area (Å²) in [5, 5.41) is 3.39. The topological polar surface area (TPSA) is 39.7 Å². The van der Waals surface area contributed by atoms with Crippen LogP contribution in [0.3, 0.4) is 0 Å². The van der Waals surface area contributed by atoms with Crippen LogP contribution in [0.4, 0.5) is 0 Å². The summed E-state index contributed by atoms with van der Waals surface area (Å²) in [6.07, 6.45) is 0.0228. The van der Waals surface area contributed by atoms with Crippen LogP contribution in [0.5, 0.6) is 17.2 Å². The maximum atomic E-state index is 5.91. The highest BCUT2D eigenvalue weighted by atomic mass is 16.6. The zero-order valence-electron chi connectivity index (χ0n) is 12.0. The first kappa shape index (κ1) is 13.8. The lowest BCUT2D eigenvalue weighted by Gasteiger charge is -2.26. The van der Waals surface area contributed by atoms with Gasteiger partial charge in [-0.2, -0.15) is 0 Å². The van der Waals surface area contributed by atoms with Crippen LogP contribution < -0.4 is 19.5 Å². The predicted octanol–water partition coefficient (Wildman–Crippen LogP) is 2.62. The van der Waals surface area contributed by atoms with Gasteiger partial charge in [0.2, 0.25) is 0 Å². The molecule has 1 aliphatic heterocycles. The lowest BCUT2D eigenvalue weighted by Crippen LogP contribution is -2.38. The second-order valence-corrected chi connectivity index (χ2v) is 4.94. The molecule has 2 aromatic carbocycles. The Bertz CT molecular complexity index is 600. The Kier molecular flexibility index (Phi) is 4.26. The molecule has 1 atom stereocenters. The van der Waals surface area contributed by atoms with Gasteiger partial charge < -0.3 is 19.5 Å². The third kappa shape index (κ3) is 3.28. The Hall–Kier alpha value is -2.20. The lowest BCUT2D eigenvalue weighted by atomic mass is 10.2. The molecular weight excluding hydrogens is 266 g/mol. The summed E-state index contributed by atoms with van der Waals surface area (Å²) in [5.74, 6) is 2.53. The van der Waals surface area contributed by atoms with E-state index in [1.165, 1.54) is 0 Å². The Morgan fingerprint density at radius 2 is 1.86 bits per heavy atom. The first-order chi connectivity index (χ1) is 10.4. The fourth-order valence-corrected chi connectivity index (χ4v) is 2.38. The van der Waals surface area contributed by atoms with Crippen LogP contribution in [-0.4, -0.2) is 26.4 Å². The van der Waals surface area contributed by atoms with Gasteiger partial charge in [0.05, 0.1) is 7.11 Å². The molecule has 1 aliphatic rings. The van der Waals surface area contributed by atoms with Gasteiger partial charge in [0.15, 0.2) is 11.5 Å². The molecule has 4 heteroatoms. The quantitative estimate of drug-likeness (QED) is 0.916. The molecule has 0 saturated carbocycles. The molecule has 0 bridgehead atoms. The van der Waals surface area contributed by atoms with Gasteiger partial charge in [-0.25, -0.2) is 0 Å². The van der Waals surface area contributed by atoms with Gasteiger partial charge in [-0.15, -0.1) is 0 Å². The Balaban J connectivity index is 1.53. The molecule has 4 nitrogen and oxygen atoms in total. The van der Waals surface area contributed by atoms with Crippen LogP contribution in [0.25, 0.3) is 0 Å². The Morgan fingerprint density at radius 1 is 1.10 bits per heavy atom. The molecule has 1 heterocycles. The molecule has 110 valence electrons. The summed E-state index contributed by atoms with van der Waals surface area (Å²) >= 11 is 0. The summed E-state index contributed by atoms with van der Waals surface area (Å²) in [6.45, 7) is 2.04. The van der Waals surface area contributed by atoms with E-state index in [0.717, 1.165) is 35.9 Å². The van der Waals surface area contributed by atoms with Crippen LogP contribution in [0.2, 0.25) is 0 Å². The van der Waals surface area contributed by atoms with Crippen molar-refractivity contribution in [1.82, 2.24) is 5.32 Å². The normalized spacial score (nSPS) is 16.5. The average Bonchev–Trinajstić information content (AvgIpc) is 2.55. The second kappa shape index (κ2) is 6.50. The number of fused-ring (bicyclic) bond motifs is 1. The van der Waals surface area contributed by atoms with E-state index in [0.29, 0.717) is 6.61 Å². The van der Waals surface area contributed by atoms with Crippen LogP contribution in [0, 0.1) is 0 Å². The van der Waals surface area contributed by atoms with Crippen LogP contribution >= 0.6 is 0 Å². The van der Waals surface area contributed by atoms with Crippen LogP contribution in [-0.2, 0) is 6.54 Å². The predicted molar refractivity (Wildman–Crippen MR) is 81.1 cm³/mol. The van der Waals surface area contributed by atoms with Gasteiger partial charge in [-0.3, -0.25) is 0 Å². The first-order valence-electron chi connectivity index (χ1n) is 7.08. The minimum Gasteiger partial charge on any atom is -0.496 e. The molecular formula is C17H19NO3. The van der Waals surface area contributed by atoms with Crippen molar-refractivity contribution in [3.63, 3.8) is 0 Å². The van der Waals surface area contributed by atoms with E-state index in [4.69, 9.17) is 14.2 Å². The van der Waals surface area contributed by atoms with E-state index in [1.54, 1.807) is 7.11 Å². The zero-order valence-corrected chi connectivity index (χ0v) is 12.0. The van der Waals surface area contributed by atoms with E-state index < -0.39 is 0 Å². The van der Waals surface area contributed by atoms with Gasteiger partial charge in [0.25, 0.3) is 0 Å². The standard InChI is InChI=1S/C17H19NO3/c1-19-15-7-3-2-6-13(15)10-18-11-14-12-20-16-8-4-5-9-17(16)21-14/h2-9,14,18H,10-12H2,1H3. The maximum absolute atomic E-state index is 5.91. The monoisotopic (exact) mass is 285 g/mol. The summed E-state index contributed by atoms with van der Waals surface area (Å²) in [6, 6.07) is 15.8. The van der Waals surface area contributed by atoms with E-state index in [-0.39, 0.29) is 6.10 Å². The van der Waals surface area contributed by atoms with Crippen LogP contribution in [0.15, 0.2) is 48.5 Å². The molecule has 2 aromatic rings. The van der Waals surface area contributed by atoms with Crippen molar-refractivity contribution in [2.45, 2.75) is 12.6 Å². The van der Waals surface area contributed by atoms with Crippen molar-refractivity contribution >= 4 is 0 Å². The molecule has 0 amide bonds. The van der Waals surface area contributed by atoms with Crippen molar-refractivity contribution in [3.8, 4) is 17.2 Å². The highest BCUT2D eigenvalue weighted by Crippen LogP contribution is 2.30. The second-order valence-electron chi connectivity index (χ2n) is 4.94. The van der Waals surface area contributed by atoms with Gasteiger partial charge in [0, 0.05) is 18.7 Å². The number of methoxy groups -OCH3 is 1. The van der Waals surface area contributed by atoms with Gasteiger partial charge in [-0.1, -0.05) is 30.3 Å². The number of hydrogen-bond donors (Lipinski definition) is 1. The molecule has 0 aromatic heterocycles. The van der Waals surface area contributed by atoms with Gasteiger partial charge >= 0.3 is 0 Å². The van der Waals surface area contributed by atoms with Crippen LogP contribution in [0.1, 0.15) is 5.56 Å². The molecule has 0 fully saturated rings. The number of ether oxygens (including phenoxy) is 3. The Labute approximate surface area is 124 Å². The van der Waals surface area contributed by atoms with Crippen molar-refractivity contribution < 1.29 is 14.2 Å². The molecule has 0 radical (unpaired) electrons. The minimum atomic E-state index is 0.0228. The molecule has 0 spiro atoms. The first-order valence-corrected chi connectivity index (χ1v) is 7.08. The summed E-state index contributed by atoms with van der Waals surface area (Å²) in [4.78, 5) is 0. The molecule has 3 rings (SSSR count). The highest BCUT2D eigenvalue weighted by molar-refractivity contribution is 5.40. The molecule has 0 saturated heterocycles. The van der Waals surface area contributed by atoms with E-state index in [2.05, 4.69) is 11.4 Å². The third-order valence-electron chi connectivity index (χ3n) is 3.45. The summed E-state index contributed by atoms with van der Waals surface area (Å²) < 4.78 is 16.9. The van der Waals surface area contributed by atoms with E-state index in [9.17, 15) is 0 Å². The molecule has 1 unspecified atom stereocenters. The largest absolute Gasteiger partial charge is 0.496 e. The average molecular weight is 285 g/mol. The number of nitrogens with one attached hydrogen (secondary N) is 1. The zero-order chi connectivity index (χ0) is 14.5. The van der Waals surface area contributed by atoms with Crippen molar-refractivity contribution in [2.24, 2.45) is 0 Å². The van der Waals surface area contributed by atoms with Crippen molar-refractivity contribution in [3.05, 3.63) is 54.1 Å². The smallest absolute Gasteiger partial charge is 0.161 e. The number of benzene rings is 2. The fraction of sp³-hybridized carbons (Fsp3) is 0.294. The van der Waals surface area contributed by atoms with Gasteiger partial charge in [0.1, 0.15) is 18.5 Å². The summed E-state index contributed by atoms with van der Waals surface area (Å²) in [5.41, 5.74) is 1.14. The third-order valence-corrected chi connectivity index (χ3v) is 3.45. The number of para-hydroxylation sites is 3. The molecule has 0 aliphatic carbocycles. The van der Waals surface area contributed by atoms with Crippen molar-refractivity contribution in [1.29, 1.82) is 0 Å². The highest BCUT2D eigenvalue weighted by Gasteiger charge is 2.20. The minimum absolute atomic E-state index is 0.0228. The molecule has 21 heavy (non-hydrogen) atoms. The Morgan fingerprint density at radius 3 is 2.71 bits per heavy atom. The van der Waals surface area contributed by atoms with Crippen molar-refractivity contribution in [2.75, 3.05) is 20.3 Å². The lowest BCUT2D eigenvalue weighted by molar-refractivity contribution is 0.0902. The van der Waals surface area contributed by atoms with E-state index in [1.807, 2.05) is 42.5 Å². The summed E-state index contributed by atoms with van der Waals surface area (Å²) in [7, 11) is 1.69. The SMILES string of the molecule is COc1ccccc1CNCC1COc2ccccc2O1. The fourth-order valence-electron chi connectivity index (χ4n) is 2.38. The number of rotatable bonds is 5. The number of hydrogen-bond acceptors (Lipinski definition) is 4. The maximum Gasteiger partial charge on any atom is 0.161 e.